The van der Waals surface area contributed by atoms with Crippen molar-refractivity contribution in [3.63, 3.8) is 0 Å². The van der Waals surface area contributed by atoms with Crippen molar-refractivity contribution in [3.8, 4) is 0 Å². The number of hydrogen-bond acceptors (Lipinski definition) is 5. The maximum absolute atomic E-state index is 12.9. The minimum Gasteiger partial charge on any atom is -0.459 e. The van der Waals surface area contributed by atoms with Crippen molar-refractivity contribution in [3.05, 3.63) is 35.6 Å². The van der Waals surface area contributed by atoms with Gasteiger partial charge in [0.05, 0.1) is 6.54 Å². The van der Waals surface area contributed by atoms with E-state index in [1.165, 1.54) is 17.0 Å². The Morgan fingerprint density at radius 2 is 1.66 bits per heavy atom. The molecule has 1 aromatic carbocycles. The molecule has 0 aliphatic carbocycles. The molecule has 0 aromatic heterocycles. The molecule has 0 bridgehead atoms. The van der Waals surface area contributed by atoms with Crippen molar-refractivity contribution < 1.29 is 23.5 Å². The first-order chi connectivity index (χ1) is 13.5. The molecular weight excluding hydrogens is 379 g/mol. The number of nitrogens with zero attached hydrogens (tertiary/aromatic N) is 2. The number of urea groups is 1. The molecule has 0 spiro atoms. The maximum atomic E-state index is 12.9. The van der Waals surface area contributed by atoms with Crippen LogP contribution in [0.25, 0.3) is 0 Å². The third kappa shape index (κ3) is 11.0. The second-order valence-corrected chi connectivity index (χ2v) is 7.87. The number of ether oxygens (including phenoxy) is 1. The van der Waals surface area contributed by atoms with Crippen molar-refractivity contribution in [1.29, 1.82) is 0 Å². The SMILES string of the molecule is CN(C)CCN(CC(=O)OC(C)(C)C)C(=O)CNC(=O)NCc1ccc(F)cc1. The van der Waals surface area contributed by atoms with E-state index in [1.54, 1.807) is 32.9 Å². The van der Waals surface area contributed by atoms with Gasteiger partial charge in [-0.1, -0.05) is 12.1 Å². The van der Waals surface area contributed by atoms with Gasteiger partial charge in [-0.15, -0.1) is 0 Å². The molecule has 9 heteroatoms. The van der Waals surface area contributed by atoms with E-state index in [0.717, 1.165) is 5.56 Å². The molecule has 162 valence electrons. The molecule has 0 heterocycles. The van der Waals surface area contributed by atoms with Gasteiger partial charge in [0.1, 0.15) is 18.0 Å². The fourth-order valence-corrected chi connectivity index (χ4v) is 2.26. The van der Waals surface area contributed by atoms with Gasteiger partial charge < -0.3 is 25.2 Å². The van der Waals surface area contributed by atoms with E-state index >= 15 is 0 Å². The van der Waals surface area contributed by atoms with Crippen molar-refractivity contribution in [1.82, 2.24) is 20.4 Å². The highest BCUT2D eigenvalue weighted by atomic mass is 19.1. The lowest BCUT2D eigenvalue weighted by Crippen LogP contribution is -2.47. The molecule has 0 radical (unpaired) electrons. The Morgan fingerprint density at radius 1 is 1.03 bits per heavy atom. The standard InChI is InChI=1S/C20H31FN4O4/c1-20(2,3)29-18(27)14-25(11-10-24(4)5)17(26)13-23-19(28)22-12-15-6-8-16(21)9-7-15/h6-9H,10-14H2,1-5H3,(H2,22,23,28). The van der Waals surface area contributed by atoms with E-state index < -0.39 is 23.5 Å². The van der Waals surface area contributed by atoms with Gasteiger partial charge in [0.25, 0.3) is 0 Å². The second kappa shape index (κ2) is 11.4. The Hall–Kier alpha value is -2.68. The number of nitrogens with one attached hydrogen (secondary N) is 2. The first-order valence-electron chi connectivity index (χ1n) is 9.37. The number of benzene rings is 1. The maximum Gasteiger partial charge on any atom is 0.326 e. The summed E-state index contributed by atoms with van der Waals surface area (Å²) in [7, 11) is 3.72. The number of amides is 3. The number of rotatable bonds is 9. The van der Waals surface area contributed by atoms with E-state index in [4.69, 9.17) is 4.74 Å². The van der Waals surface area contributed by atoms with E-state index in [0.29, 0.717) is 13.1 Å². The molecule has 8 nitrogen and oxygen atoms in total. The fourth-order valence-electron chi connectivity index (χ4n) is 2.26. The molecular formula is C20H31FN4O4. The van der Waals surface area contributed by atoms with E-state index in [-0.39, 0.29) is 25.5 Å². The molecule has 0 saturated carbocycles. The van der Waals surface area contributed by atoms with Gasteiger partial charge in [-0.05, 0) is 52.6 Å². The van der Waals surface area contributed by atoms with Gasteiger partial charge in [0, 0.05) is 19.6 Å². The second-order valence-electron chi connectivity index (χ2n) is 7.87. The van der Waals surface area contributed by atoms with Gasteiger partial charge in [0.2, 0.25) is 5.91 Å². The number of esters is 1. The molecule has 1 aromatic rings. The summed E-state index contributed by atoms with van der Waals surface area (Å²) in [5.41, 5.74) is 0.0802. The predicted molar refractivity (Wildman–Crippen MR) is 108 cm³/mol. The van der Waals surface area contributed by atoms with Crippen LogP contribution in [0.5, 0.6) is 0 Å². The molecule has 0 aliphatic heterocycles. The summed E-state index contributed by atoms with van der Waals surface area (Å²) < 4.78 is 18.2. The van der Waals surface area contributed by atoms with Crippen molar-refractivity contribution in [2.45, 2.75) is 32.9 Å². The highest BCUT2D eigenvalue weighted by molar-refractivity contribution is 5.86. The number of likely N-dealkylation sites (N-methyl/N-ethyl adjacent to an activating group) is 1. The van der Waals surface area contributed by atoms with Gasteiger partial charge in [-0.2, -0.15) is 0 Å². The Balaban J connectivity index is 2.53. The number of carbonyl (C=O) groups excluding carboxylic acids is 3. The number of hydrogen-bond donors (Lipinski definition) is 2. The van der Waals surface area contributed by atoms with Crippen LogP contribution in [-0.2, 0) is 20.9 Å². The zero-order chi connectivity index (χ0) is 22.0. The van der Waals surface area contributed by atoms with Gasteiger partial charge in [0.15, 0.2) is 0 Å². The Kier molecular flexibility index (Phi) is 9.54. The van der Waals surface area contributed by atoms with E-state index in [9.17, 15) is 18.8 Å². The Morgan fingerprint density at radius 3 is 2.21 bits per heavy atom. The third-order valence-electron chi connectivity index (χ3n) is 3.68. The minimum absolute atomic E-state index is 0.192. The van der Waals surface area contributed by atoms with E-state index in [1.807, 2.05) is 19.0 Å². The molecule has 1 rings (SSSR count). The first kappa shape index (κ1) is 24.4. The number of carbonyl (C=O) groups is 3. The van der Waals surface area contributed by atoms with Gasteiger partial charge in [-0.3, -0.25) is 9.59 Å². The molecule has 0 aliphatic rings. The van der Waals surface area contributed by atoms with Crippen LogP contribution >= 0.6 is 0 Å². The lowest BCUT2D eigenvalue weighted by atomic mass is 10.2. The van der Waals surface area contributed by atoms with Crippen LogP contribution in [0.2, 0.25) is 0 Å². The molecule has 2 N–H and O–H groups in total. The summed E-state index contributed by atoms with van der Waals surface area (Å²) in [6, 6.07) is 5.19. The predicted octanol–water partition coefficient (Wildman–Crippen LogP) is 1.36. The van der Waals surface area contributed by atoms with E-state index in [2.05, 4.69) is 10.6 Å². The normalized spacial score (nSPS) is 11.1. The van der Waals surface area contributed by atoms with Crippen LogP contribution in [0.3, 0.4) is 0 Å². The Bertz CT molecular complexity index is 687. The highest BCUT2D eigenvalue weighted by Gasteiger charge is 2.22. The topological polar surface area (TPSA) is 91.0 Å². The summed E-state index contributed by atoms with van der Waals surface area (Å²) in [6.45, 7) is 5.89. The van der Waals surface area contributed by atoms with Crippen LogP contribution in [0.15, 0.2) is 24.3 Å². The summed E-state index contributed by atoms with van der Waals surface area (Å²) in [6.07, 6.45) is 0. The highest BCUT2D eigenvalue weighted by Crippen LogP contribution is 2.07. The van der Waals surface area contributed by atoms with Gasteiger partial charge >= 0.3 is 12.0 Å². The smallest absolute Gasteiger partial charge is 0.326 e. The molecule has 0 unspecified atom stereocenters. The largest absolute Gasteiger partial charge is 0.459 e. The van der Waals surface area contributed by atoms with Crippen LogP contribution in [0, 0.1) is 5.82 Å². The lowest BCUT2D eigenvalue weighted by molar-refractivity contribution is -0.158. The average Bonchev–Trinajstić information content (AvgIpc) is 2.61. The average molecular weight is 410 g/mol. The quantitative estimate of drug-likeness (QED) is 0.600. The van der Waals surface area contributed by atoms with Crippen LogP contribution in [0.4, 0.5) is 9.18 Å². The molecule has 0 fully saturated rings. The van der Waals surface area contributed by atoms with Crippen LogP contribution in [-0.4, -0.2) is 73.6 Å². The third-order valence-corrected chi connectivity index (χ3v) is 3.68. The molecule has 0 saturated heterocycles. The van der Waals surface area contributed by atoms with Crippen molar-refractivity contribution >= 4 is 17.9 Å². The van der Waals surface area contributed by atoms with Crippen LogP contribution in [0.1, 0.15) is 26.3 Å². The van der Waals surface area contributed by atoms with Gasteiger partial charge in [-0.25, -0.2) is 9.18 Å². The monoisotopic (exact) mass is 410 g/mol. The zero-order valence-electron chi connectivity index (χ0n) is 17.8. The van der Waals surface area contributed by atoms with Crippen LogP contribution < -0.4 is 10.6 Å². The minimum atomic E-state index is -0.647. The summed E-state index contributed by atoms with van der Waals surface area (Å²) in [5.74, 6) is -1.26. The zero-order valence-corrected chi connectivity index (χ0v) is 17.8. The molecule has 29 heavy (non-hydrogen) atoms. The van der Waals surface area contributed by atoms with Crippen molar-refractivity contribution in [2.75, 3.05) is 40.3 Å². The summed E-state index contributed by atoms with van der Waals surface area (Å²) in [4.78, 5) is 39.7. The Labute approximate surface area is 171 Å². The number of halogens is 1. The molecule has 0 atom stereocenters. The lowest BCUT2D eigenvalue weighted by Gasteiger charge is -2.26. The first-order valence-corrected chi connectivity index (χ1v) is 9.37. The summed E-state index contributed by atoms with van der Waals surface area (Å²) in [5, 5.41) is 5.06. The fraction of sp³-hybridized carbons (Fsp3) is 0.550. The van der Waals surface area contributed by atoms with Crippen molar-refractivity contribution in [2.24, 2.45) is 0 Å². The molecule has 3 amide bonds. The summed E-state index contributed by atoms with van der Waals surface area (Å²) >= 11 is 0.